The molecular formula is C23H28O2. The van der Waals surface area contributed by atoms with E-state index < -0.39 is 5.97 Å². The van der Waals surface area contributed by atoms with Crippen molar-refractivity contribution in [3.05, 3.63) is 59.7 Å². The molecule has 2 nitrogen and oxygen atoms in total. The van der Waals surface area contributed by atoms with Gasteiger partial charge < -0.3 is 5.11 Å². The van der Waals surface area contributed by atoms with Gasteiger partial charge in [0.25, 0.3) is 0 Å². The number of benzene rings is 2. The molecule has 1 fully saturated rings. The molecule has 132 valence electrons. The van der Waals surface area contributed by atoms with Gasteiger partial charge in [-0.2, -0.15) is 0 Å². The smallest absolute Gasteiger partial charge is 0.335 e. The monoisotopic (exact) mass is 336 g/mol. The van der Waals surface area contributed by atoms with Gasteiger partial charge in [0.15, 0.2) is 0 Å². The normalized spacial score (nSPS) is 20.8. The van der Waals surface area contributed by atoms with E-state index in [4.69, 9.17) is 5.11 Å². The Morgan fingerprint density at radius 3 is 2.16 bits per heavy atom. The zero-order valence-electron chi connectivity index (χ0n) is 15.1. The second-order valence-electron chi connectivity index (χ2n) is 7.36. The quantitative estimate of drug-likeness (QED) is 0.631. The number of hydrogen-bond donors (Lipinski definition) is 1. The van der Waals surface area contributed by atoms with E-state index in [1.54, 1.807) is 12.1 Å². The summed E-state index contributed by atoms with van der Waals surface area (Å²) < 4.78 is 0. The van der Waals surface area contributed by atoms with Crippen LogP contribution in [0.25, 0.3) is 11.1 Å². The van der Waals surface area contributed by atoms with E-state index in [1.807, 2.05) is 12.1 Å². The third-order valence-corrected chi connectivity index (χ3v) is 5.63. The summed E-state index contributed by atoms with van der Waals surface area (Å²) >= 11 is 0. The van der Waals surface area contributed by atoms with Crippen LogP contribution in [0.3, 0.4) is 0 Å². The van der Waals surface area contributed by atoms with Gasteiger partial charge in [0.1, 0.15) is 0 Å². The maximum Gasteiger partial charge on any atom is 0.335 e. The Hall–Kier alpha value is -2.09. The van der Waals surface area contributed by atoms with E-state index in [0.29, 0.717) is 11.5 Å². The summed E-state index contributed by atoms with van der Waals surface area (Å²) in [6, 6.07) is 16.0. The molecule has 0 saturated heterocycles. The number of rotatable bonds is 5. The highest BCUT2D eigenvalue weighted by molar-refractivity contribution is 5.88. The molecule has 2 aromatic rings. The number of carbonyl (C=O) groups is 1. The fourth-order valence-electron chi connectivity index (χ4n) is 4.16. The van der Waals surface area contributed by atoms with Crippen molar-refractivity contribution in [2.45, 2.75) is 57.8 Å². The molecule has 0 spiro atoms. The lowest BCUT2D eigenvalue weighted by Crippen LogP contribution is -1.99. The minimum absolute atomic E-state index is 0.334. The standard InChI is InChI=1S/C23H28O2/c1-2-4-17-5-3-6-18(8-7-17)19-9-11-20(12-10-19)21-13-15-22(16-14-21)23(24)25/h9-18H,2-8H2,1H3,(H,24,25)/t17-,18+/m1/s1. The fourth-order valence-corrected chi connectivity index (χ4v) is 4.16. The van der Waals surface area contributed by atoms with Gasteiger partial charge in [-0.15, -0.1) is 0 Å². The number of hydrogen-bond acceptors (Lipinski definition) is 1. The first-order valence-electron chi connectivity index (χ1n) is 9.61. The van der Waals surface area contributed by atoms with E-state index in [0.717, 1.165) is 17.0 Å². The second-order valence-corrected chi connectivity index (χ2v) is 7.36. The zero-order chi connectivity index (χ0) is 17.6. The van der Waals surface area contributed by atoms with Crippen LogP contribution in [-0.4, -0.2) is 11.1 Å². The third-order valence-electron chi connectivity index (χ3n) is 5.63. The average Bonchev–Trinajstić information content (AvgIpc) is 2.88. The predicted octanol–water partition coefficient (Wildman–Crippen LogP) is 6.52. The van der Waals surface area contributed by atoms with Crippen molar-refractivity contribution in [2.75, 3.05) is 0 Å². The van der Waals surface area contributed by atoms with Gasteiger partial charge in [0, 0.05) is 0 Å². The van der Waals surface area contributed by atoms with Crippen molar-refractivity contribution in [1.82, 2.24) is 0 Å². The van der Waals surface area contributed by atoms with Gasteiger partial charge in [0.05, 0.1) is 5.56 Å². The van der Waals surface area contributed by atoms with Crippen LogP contribution >= 0.6 is 0 Å². The molecule has 1 aliphatic rings. The average molecular weight is 336 g/mol. The summed E-state index contributed by atoms with van der Waals surface area (Å²) in [5.41, 5.74) is 4.02. The minimum Gasteiger partial charge on any atom is -0.478 e. The van der Waals surface area contributed by atoms with Gasteiger partial charge in [-0.25, -0.2) is 4.79 Å². The van der Waals surface area contributed by atoms with Gasteiger partial charge in [0.2, 0.25) is 0 Å². The lowest BCUT2D eigenvalue weighted by molar-refractivity contribution is 0.0697. The largest absolute Gasteiger partial charge is 0.478 e. The highest BCUT2D eigenvalue weighted by Gasteiger charge is 2.19. The first-order chi connectivity index (χ1) is 12.2. The third kappa shape index (κ3) is 4.50. The topological polar surface area (TPSA) is 37.3 Å². The summed E-state index contributed by atoms with van der Waals surface area (Å²) in [4.78, 5) is 11.0. The van der Waals surface area contributed by atoms with Crippen LogP contribution in [0.5, 0.6) is 0 Å². The van der Waals surface area contributed by atoms with Crippen molar-refractivity contribution in [3.63, 3.8) is 0 Å². The van der Waals surface area contributed by atoms with Crippen molar-refractivity contribution < 1.29 is 9.90 Å². The van der Waals surface area contributed by atoms with Crippen molar-refractivity contribution in [3.8, 4) is 11.1 Å². The number of aromatic carboxylic acids is 1. The highest BCUT2D eigenvalue weighted by Crippen LogP contribution is 2.36. The molecule has 0 unspecified atom stereocenters. The Morgan fingerprint density at radius 2 is 1.56 bits per heavy atom. The van der Waals surface area contributed by atoms with Gasteiger partial charge in [-0.05, 0) is 59.9 Å². The van der Waals surface area contributed by atoms with E-state index in [-0.39, 0.29) is 0 Å². The Labute approximate surface area is 150 Å². The van der Waals surface area contributed by atoms with Crippen LogP contribution in [0.1, 0.15) is 73.7 Å². The molecule has 0 aromatic heterocycles. The molecule has 3 rings (SSSR count). The Bertz CT molecular complexity index is 685. The molecule has 2 heteroatoms. The fraction of sp³-hybridized carbons (Fsp3) is 0.435. The number of carboxylic acid groups (broad SMARTS) is 1. The first-order valence-corrected chi connectivity index (χ1v) is 9.61. The van der Waals surface area contributed by atoms with Crippen LogP contribution < -0.4 is 0 Å². The minimum atomic E-state index is -0.878. The van der Waals surface area contributed by atoms with E-state index in [9.17, 15) is 4.79 Å². The summed E-state index contributed by atoms with van der Waals surface area (Å²) in [5, 5.41) is 9.00. The van der Waals surface area contributed by atoms with Crippen LogP contribution in [-0.2, 0) is 0 Å². The van der Waals surface area contributed by atoms with Crippen molar-refractivity contribution >= 4 is 5.97 Å². The van der Waals surface area contributed by atoms with Crippen LogP contribution in [0.4, 0.5) is 0 Å². The Morgan fingerprint density at radius 1 is 0.920 bits per heavy atom. The van der Waals surface area contributed by atoms with Gasteiger partial charge in [-0.1, -0.05) is 69.0 Å². The first kappa shape index (κ1) is 17.7. The molecule has 25 heavy (non-hydrogen) atoms. The maximum atomic E-state index is 11.0. The number of carboxylic acids is 1. The molecule has 0 heterocycles. The molecule has 1 N–H and O–H groups in total. The van der Waals surface area contributed by atoms with Crippen LogP contribution in [0, 0.1) is 5.92 Å². The predicted molar refractivity (Wildman–Crippen MR) is 103 cm³/mol. The van der Waals surface area contributed by atoms with E-state index >= 15 is 0 Å². The van der Waals surface area contributed by atoms with Crippen molar-refractivity contribution in [2.24, 2.45) is 5.92 Å². The molecule has 2 atom stereocenters. The van der Waals surface area contributed by atoms with Crippen molar-refractivity contribution in [1.29, 1.82) is 0 Å². The summed E-state index contributed by atoms with van der Waals surface area (Å²) in [6.45, 7) is 2.30. The maximum absolute atomic E-state index is 11.0. The molecule has 0 amide bonds. The lowest BCUT2D eigenvalue weighted by Gasteiger charge is -2.16. The molecule has 1 saturated carbocycles. The van der Waals surface area contributed by atoms with E-state index in [1.165, 1.54) is 50.5 Å². The molecule has 0 aliphatic heterocycles. The highest BCUT2D eigenvalue weighted by atomic mass is 16.4. The summed E-state index contributed by atoms with van der Waals surface area (Å²) in [6.07, 6.45) is 9.45. The SMILES string of the molecule is CCC[C@@H]1CCC[C@H](c2ccc(-c3ccc(C(=O)O)cc3)cc2)CC1. The molecule has 0 bridgehead atoms. The second kappa shape index (κ2) is 8.33. The van der Waals surface area contributed by atoms with Gasteiger partial charge >= 0.3 is 5.97 Å². The summed E-state index contributed by atoms with van der Waals surface area (Å²) in [5.74, 6) is 0.754. The summed E-state index contributed by atoms with van der Waals surface area (Å²) in [7, 11) is 0. The molecule has 1 aliphatic carbocycles. The molecular weight excluding hydrogens is 308 g/mol. The lowest BCUT2D eigenvalue weighted by atomic mass is 9.89. The van der Waals surface area contributed by atoms with Gasteiger partial charge in [-0.3, -0.25) is 0 Å². The Balaban J connectivity index is 1.68. The van der Waals surface area contributed by atoms with E-state index in [2.05, 4.69) is 31.2 Å². The van der Waals surface area contributed by atoms with Crippen LogP contribution in [0.15, 0.2) is 48.5 Å². The van der Waals surface area contributed by atoms with Crippen LogP contribution in [0.2, 0.25) is 0 Å². The molecule has 0 radical (unpaired) electrons. The zero-order valence-corrected chi connectivity index (χ0v) is 15.1. The molecule has 2 aromatic carbocycles. The Kier molecular flexibility index (Phi) is 5.91.